The number of hydrogen-bond donors (Lipinski definition) is 1. The first-order valence-corrected chi connectivity index (χ1v) is 10.6. The minimum absolute atomic E-state index is 0.0117. The van der Waals surface area contributed by atoms with Crippen LogP contribution in [-0.4, -0.2) is 36.2 Å². The van der Waals surface area contributed by atoms with E-state index >= 15 is 0 Å². The van der Waals surface area contributed by atoms with Crippen molar-refractivity contribution in [3.63, 3.8) is 0 Å². The maximum absolute atomic E-state index is 12.8. The second-order valence-electron chi connectivity index (χ2n) is 7.72. The Morgan fingerprint density at radius 2 is 1.90 bits per heavy atom. The van der Waals surface area contributed by atoms with Crippen LogP contribution < -0.4 is 20.3 Å². The van der Waals surface area contributed by atoms with Crippen molar-refractivity contribution < 1.29 is 14.3 Å². The first kappa shape index (κ1) is 20.9. The number of carbonyl (C=O) groups is 1. The molecular formula is C24H27N3O4. The Morgan fingerprint density at radius 3 is 2.71 bits per heavy atom. The Balaban J connectivity index is 1.47. The van der Waals surface area contributed by atoms with E-state index in [0.717, 1.165) is 43.6 Å². The molecule has 7 nitrogen and oxygen atoms in total. The molecule has 0 saturated carbocycles. The third-order valence-corrected chi connectivity index (χ3v) is 5.73. The number of benzene rings is 2. The molecule has 2 heterocycles. The van der Waals surface area contributed by atoms with Crippen molar-refractivity contribution >= 4 is 16.8 Å². The highest BCUT2D eigenvalue weighted by Gasteiger charge is 2.15. The molecule has 1 N–H and O–H groups in total. The van der Waals surface area contributed by atoms with Crippen molar-refractivity contribution in [2.75, 3.05) is 20.8 Å². The minimum Gasteiger partial charge on any atom is -0.493 e. The Kier molecular flexibility index (Phi) is 6.21. The van der Waals surface area contributed by atoms with Gasteiger partial charge in [0.05, 0.1) is 25.1 Å². The molecule has 0 aliphatic carbocycles. The lowest BCUT2D eigenvalue weighted by Gasteiger charge is -2.11. The third-order valence-electron chi connectivity index (χ3n) is 5.73. The van der Waals surface area contributed by atoms with Gasteiger partial charge in [-0.05, 0) is 55.2 Å². The molecule has 4 rings (SSSR count). The molecule has 0 radical (unpaired) electrons. The Bertz CT molecular complexity index is 1170. The molecule has 3 aromatic rings. The van der Waals surface area contributed by atoms with E-state index in [4.69, 9.17) is 14.5 Å². The molecule has 31 heavy (non-hydrogen) atoms. The molecular weight excluding hydrogens is 394 g/mol. The zero-order chi connectivity index (χ0) is 21.8. The van der Waals surface area contributed by atoms with Crippen LogP contribution in [0.4, 0.5) is 0 Å². The van der Waals surface area contributed by atoms with Crippen LogP contribution in [0.2, 0.25) is 0 Å². The first-order chi connectivity index (χ1) is 15.1. The molecule has 1 aliphatic heterocycles. The van der Waals surface area contributed by atoms with Gasteiger partial charge in [-0.3, -0.25) is 14.2 Å². The fraction of sp³-hybridized carbons (Fsp3) is 0.375. The van der Waals surface area contributed by atoms with E-state index in [1.165, 1.54) is 0 Å². The maximum Gasteiger partial charge on any atom is 0.261 e. The van der Waals surface area contributed by atoms with E-state index in [0.29, 0.717) is 40.9 Å². The molecule has 1 aromatic heterocycles. The smallest absolute Gasteiger partial charge is 0.261 e. The number of aromatic nitrogens is 2. The molecule has 0 atom stereocenters. The summed E-state index contributed by atoms with van der Waals surface area (Å²) in [5, 5.41) is 3.51. The molecule has 0 unspecified atom stereocenters. The molecule has 2 aromatic carbocycles. The lowest BCUT2D eigenvalue weighted by atomic mass is 10.1. The summed E-state index contributed by atoms with van der Waals surface area (Å²) in [5.41, 5.74) is 2.12. The molecule has 162 valence electrons. The summed E-state index contributed by atoms with van der Waals surface area (Å²) < 4.78 is 12.4. The predicted octanol–water partition coefficient (Wildman–Crippen LogP) is 3.11. The average Bonchev–Trinajstić information content (AvgIpc) is 3.04. The number of aryl methyl sites for hydroxylation is 1. The van der Waals surface area contributed by atoms with Crippen LogP contribution >= 0.6 is 0 Å². The zero-order valence-electron chi connectivity index (χ0n) is 17.9. The molecule has 0 bridgehead atoms. The SMILES string of the molecule is COc1ccc(CCNC(=O)c2ccc3c(=O)n4c(nc3c2)CCCCC4)cc1OC. The van der Waals surface area contributed by atoms with Gasteiger partial charge in [0.25, 0.3) is 11.5 Å². The van der Waals surface area contributed by atoms with Gasteiger partial charge in [0.2, 0.25) is 0 Å². The summed E-state index contributed by atoms with van der Waals surface area (Å²) >= 11 is 0. The van der Waals surface area contributed by atoms with E-state index in [1.807, 2.05) is 18.2 Å². The second-order valence-corrected chi connectivity index (χ2v) is 7.72. The minimum atomic E-state index is -0.181. The number of fused-ring (bicyclic) bond motifs is 2. The monoisotopic (exact) mass is 421 g/mol. The number of hydrogen-bond acceptors (Lipinski definition) is 5. The quantitative estimate of drug-likeness (QED) is 0.661. The standard InChI is InChI=1S/C24H27N3O4/c1-30-20-10-7-16(14-21(20)31-2)11-12-25-23(28)17-8-9-18-19(15-17)26-22-6-4-3-5-13-27(22)24(18)29/h7-10,14-15H,3-6,11-13H2,1-2H3,(H,25,28). The molecule has 7 heteroatoms. The van der Waals surface area contributed by atoms with Crippen molar-refractivity contribution in [2.24, 2.45) is 0 Å². The Morgan fingerprint density at radius 1 is 1.06 bits per heavy atom. The van der Waals surface area contributed by atoms with Crippen molar-refractivity contribution in [2.45, 2.75) is 38.6 Å². The molecule has 1 amide bonds. The summed E-state index contributed by atoms with van der Waals surface area (Å²) in [6.07, 6.45) is 4.60. The van der Waals surface area contributed by atoms with Gasteiger partial charge >= 0.3 is 0 Å². The highest BCUT2D eigenvalue weighted by molar-refractivity contribution is 5.97. The highest BCUT2D eigenvalue weighted by atomic mass is 16.5. The Labute approximate surface area is 181 Å². The number of amides is 1. The van der Waals surface area contributed by atoms with Gasteiger partial charge in [-0.1, -0.05) is 12.5 Å². The molecule has 1 aliphatic rings. The van der Waals surface area contributed by atoms with Crippen molar-refractivity contribution in [3.05, 3.63) is 63.7 Å². The van der Waals surface area contributed by atoms with Crippen LogP contribution in [0, 0.1) is 0 Å². The largest absolute Gasteiger partial charge is 0.493 e. The number of rotatable bonds is 6. The van der Waals surface area contributed by atoms with E-state index in [1.54, 1.807) is 37.0 Å². The second kappa shape index (κ2) is 9.20. The maximum atomic E-state index is 12.8. The summed E-state index contributed by atoms with van der Waals surface area (Å²) in [4.78, 5) is 30.2. The van der Waals surface area contributed by atoms with Crippen LogP contribution in [0.15, 0.2) is 41.2 Å². The Hall–Kier alpha value is -3.35. The van der Waals surface area contributed by atoms with Crippen LogP contribution in [0.25, 0.3) is 10.9 Å². The summed E-state index contributed by atoms with van der Waals surface area (Å²) in [6.45, 7) is 1.20. The van der Waals surface area contributed by atoms with Gasteiger partial charge in [0.1, 0.15) is 5.82 Å². The topological polar surface area (TPSA) is 82.5 Å². The van der Waals surface area contributed by atoms with E-state index in [9.17, 15) is 9.59 Å². The summed E-state index contributed by atoms with van der Waals surface area (Å²) in [5.74, 6) is 1.98. The van der Waals surface area contributed by atoms with E-state index in [-0.39, 0.29) is 11.5 Å². The highest BCUT2D eigenvalue weighted by Crippen LogP contribution is 2.27. The van der Waals surface area contributed by atoms with Crippen molar-refractivity contribution in [3.8, 4) is 11.5 Å². The number of methoxy groups -OCH3 is 2. The molecule has 0 fully saturated rings. The van der Waals surface area contributed by atoms with Gasteiger partial charge in [0.15, 0.2) is 11.5 Å². The average molecular weight is 421 g/mol. The van der Waals surface area contributed by atoms with Gasteiger partial charge in [-0.15, -0.1) is 0 Å². The van der Waals surface area contributed by atoms with Crippen LogP contribution in [0.1, 0.15) is 41.0 Å². The van der Waals surface area contributed by atoms with Gasteiger partial charge in [-0.25, -0.2) is 4.98 Å². The van der Waals surface area contributed by atoms with Crippen molar-refractivity contribution in [1.82, 2.24) is 14.9 Å². The van der Waals surface area contributed by atoms with Gasteiger partial charge < -0.3 is 14.8 Å². The fourth-order valence-corrected chi connectivity index (χ4v) is 4.02. The number of ether oxygens (including phenoxy) is 2. The van der Waals surface area contributed by atoms with Crippen LogP contribution in [-0.2, 0) is 19.4 Å². The van der Waals surface area contributed by atoms with Gasteiger partial charge in [-0.2, -0.15) is 0 Å². The zero-order valence-corrected chi connectivity index (χ0v) is 17.9. The van der Waals surface area contributed by atoms with Gasteiger partial charge in [0, 0.05) is 25.1 Å². The summed E-state index contributed by atoms with van der Waals surface area (Å²) in [7, 11) is 3.20. The van der Waals surface area contributed by atoms with Crippen LogP contribution in [0.3, 0.4) is 0 Å². The number of nitrogens with zero attached hydrogens (tertiary/aromatic N) is 2. The first-order valence-electron chi connectivity index (χ1n) is 10.6. The predicted molar refractivity (Wildman–Crippen MR) is 119 cm³/mol. The van der Waals surface area contributed by atoms with Crippen molar-refractivity contribution in [1.29, 1.82) is 0 Å². The third kappa shape index (κ3) is 4.40. The van der Waals surface area contributed by atoms with E-state index < -0.39 is 0 Å². The number of carbonyl (C=O) groups excluding carboxylic acids is 1. The molecule has 0 spiro atoms. The fourth-order valence-electron chi connectivity index (χ4n) is 4.02. The number of nitrogens with one attached hydrogen (secondary N) is 1. The lowest BCUT2D eigenvalue weighted by Crippen LogP contribution is -2.27. The summed E-state index contributed by atoms with van der Waals surface area (Å²) in [6, 6.07) is 10.8. The normalized spacial score (nSPS) is 13.4. The van der Waals surface area contributed by atoms with Crippen LogP contribution in [0.5, 0.6) is 11.5 Å². The lowest BCUT2D eigenvalue weighted by molar-refractivity contribution is 0.0954. The van der Waals surface area contributed by atoms with E-state index in [2.05, 4.69) is 5.32 Å². The molecule has 0 saturated heterocycles.